The average molecular weight is 867 g/mol. The maximum Gasteiger partial charge on any atom is 0.261 e. The van der Waals surface area contributed by atoms with Gasteiger partial charge in [0.05, 0.1) is 50.6 Å². The highest BCUT2D eigenvalue weighted by atomic mass is 16.5. The number of benzene rings is 5. The fourth-order valence-corrected chi connectivity index (χ4v) is 12.0. The molecular weight excluding hydrogens is 805 g/mol. The summed E-state index contributed by atoms with van der Waals surface area (Å²) in [7, 11) is 0. The first-order chi connectivity index (χ1) is 31.5. The standard InChI is InChI=1S/C52H62N6O6/c59-49-37-15-13-35-46-42(56-23-11-4-12-24-56)34-40-44-38(50(60)58(52(40)62)28-32-64-30-26-54-19-7-2-8-20-54)16-14-36(48(44)46)45-41(55-21-9-3-10-22-55)33-39(43(37)47(35)45)51(61)57(49)27-31-63-29-25-53-17-5-1-6-18-53/h13-16,33-34H,1-12,17-32H2. The van der Waals surface area contributed by atoms with Gasteiger partial charge in [-0.2, -0.15) is 0 Å². The monoisotopic (exact) mass is 866 g/mol. The van der Waals surface area contributed by atoms with E-state index >= 15 is 0 Å². The molecule has 0 bridgehead atoms. The molecule has 0 atom stereocenters. The first-order valence-corrected chi connectivity index (χ1v) is 24.6. The lowest BCUT2D eigenvalue weighted by atomic mass is 9.80. The third-order valence-corrected chi connectivity index (χ3v) is 15.3. The van der Waals surface area contributed by atoms with Crippen molar-refractivity contribution in [3.05, 3.63) is 58.7 Å². The lowest BCUT2D eigenvalue weighted by Gasteiger charge is -2.36. The van der Waals surface area contributed by atoms with Gasteiger partial charge in [-0.1, -0.05) is 25.0 Å². The first-order valence-electron chi connectivity index (χ1n) is 24.6. The molecule has 11 rings (SSSR count). The van der Waals surface area contributed by atoms with Gasteiger partial charge < -0.3 is 29.1 Å². The molecule has 4 amide bonds. The van der Waals surface area contributed by atoms with E-state index in [0.717, 1.165) is 148 Å². The topological polar surface area (TPSA) is 106 Å². The maximum absolute atomic E-state index is 14.8. The minimum absolute atomic E-state index is 0.192. The number of fused-ring (bicyclic) bond motifs is 2. The van der Waals surface area contributed by atoms with Crippen LogP contribution < -0.4 is 9.80 Å². The fourth-order valence-electron chi connectivity index (χ4n) is 12.0. The summed E-state index contributed by atoms with van der Waals surface area (Å²) in [6.07, 6.45) is 13.9. The Balaban J connectivity index is 1.02. The second-order valence-electron chi connectivity index (χ2n) is 19.1. The van der Waals surface area contributed by atoms with Crippen LogP contribution in [0.15, 0.2) is 36.4 Å². The van der Waals surface area contributed by atoms with E-state index in [-0.39, 0.29) is 36.7 Å². The highest BCUT2D eigenvalue weighted by Crippen LogP contribution is 2.52. The number of anilines is 2. The van der Waals surface area contributed by atoms with Crippen LogP contribution in [0.4, 0.5) is 11.4 Å². The summed E-state index contributed by atoms with van der Waals surface area (Å²) < 4.78 is 12.1. The van der Waals surface area contributed by atoms with Gasteiger partial charge in [0.2, 0.25) is 0 Å². The summed E-state index contributed by atoms with van der Waals surface area (Å²) in [5, 5.41) is 7.10. The molecule has 5 aromatic carbocycles. The van der Waals surface area contributed by atoms with Crippen LogP contribution in [-0.4, -0.2) is 148 Å². The Morgan fingerprint density at radius 3 is 1.09 bits per heavy atom. The molecule has 6 aliphatic rings. The number of nitrogens with zero attached hydrogens (tertiary/aromatic N) is 6. The number of imide groups is 2. The Morgan fingerprint density at radius 2 is 0.703 bits per heavy atom. The summed E-state index contributed by atoms with van der Waals surface area (Å²) in [6.45, 7) is 11.6. The van der Waals surface area contributed by atoms with E-state index in [0.29, 0.717) is 59.5 Å². The zero-order chi connectivity index (χ0) is 43.3. The molecule has 0 unspecified atom stereocenters. The van der Waals surface area contributed by atoms with Crippen molar-refractivity contribution < 1.29 is 28.7 Å². The van der Waals surface area contributed by atoms with E-state index in [1.165, 1.54) is 48.3 Å². The molecule has 0 spiro atoms. The molecule has 5 aromatic rings. The minimum atomic E-state index is -0.292. The van der Waals surface area contributed by atoms with Crippen molar-refractivity contribution in [1.82, 2.24) is 19.6 Å². The van der Waals surface area contributed by atoms with Crippen molar-refractivity contribution in [2.24, 2.45) is 0 Å². The van der Waals surface area contributed by atoms with Gasteiger partial charge in [0.25, 0.3) is 23.6 Å². The fraction of sp³-hybridized carbons (Fsp3) is 0.538. The molecule has 0 saturated carbocycles. The van der Waals surface area contributed by atoms with Gasteiger partial charge >= 0.3 is 0 Å². The van der Waals surface area contributed by atoms with E-state index in [4.69, 9.17) is 9.47 Å². The van der Waals surface area contributed by atoms with E-state index in [1.54, 1.807) is 0 Å². The number of hydrogen-bond acceptors (Lipinski definition) is 10. The van der Waals surface area contributed by atoms with Gasteiger partial charge in [-0.25, -0.2) is 0 Å². The third-order valence-electron chi connectivity index (χ3n) is 15.3. The molecular formula is C52H62N6O6. The van der Waals surface area contributed by atoms with Gasteiger partial charge in [0.15, 0.2) is 0 Å². The summed E-state index contributed by atoms with van der Waals surface area (Å²) in [5.41, 5.74) is 4.11. The molecule has 12 heteroatoms. The normalized spacial score (nSPS) is 20.4. The minimum Gasteiger partial charge on any atom is -0.378 e. The average Bonchev–Trinajstić information content (AvgIpc) is 3.34. The van der Waals surface area contributed by atoms with Gasteiger partial charge in [0, 0.05) is 94.1 Å². The van der Waals surface area contributed by atoms with Crippen molar-refractivity contribution in [2.45, 2.75) is 77.0 Å². The smallest absolute Gasteiger partial charge is 0.261 e. The summed E-state index contributed by atoms with van der Waals surface area (Å²) >= 11 is 0. The zero-order valence-electron chi connectivity index (χ0n) is 37.4. The van der Waals surface area contributed by atoms with Crippen molar-refractivity contribution in [3.63, 3.8) is 0 Å². The summed E-state index contributed by atoms with van der Waals surface area (Å²) in [6, 6.07) is 12.1. The number of likely N-dealkylation sites (tertiary alicyclic amines) is 2. The summed E-state index contributed by atoms with van der Waals surface area (Å²) in [4.78, 5) is 71.1. The van der Waals surface area contributed by atoms with Crippen LogP contribution in [-0.2, 0) is 9.47 Å². The Kier molecular flexibility index (Phi) is 11.6. The number of hydrogen-bond donors (Lipinski definition) is 0. The van der Waals surface area contributed by atoms with Gasteiger partial charge in [-0.15, -0.1) is 0 Å². The van der Waals surface area contributed by atoms with Crippen LogP contribution in [0.25, 0.3) is 43.1 Å². The van der Waals surface area contributed by atoms with Crippen molar-refractivity contribution >= 4 is 78.1 Å². The number of ether oxygens (including phenoxy) is 2. The Bertz CT molecular complexity index is 2440. The predicted molar refractivity (Wildman–Crippen MR) is 253 cm³/mol. The van der Waals surface area contributed by atoms with Crippen molar-refractivity contribution in [3.8, 4) is 0 Å². The molecule has 12 nitrogen and oxygen atoms in total. The van der Waals surface area contributed by atoms with Crippen LogP contribution in [0.1, 0.15) is 118 Å². The largest absolute Gasteiger partial charge is 0.378 e. The lowest BCUT2D eigenvalue weighted by molar-refractivity contribution is 0.0479. The molecule has 0 aliphatic carbocycles. The molecule has 64 heavy (non-hydrogen) atoms. The number of rotatable bonds is 14. The zero-order valence-corrected chi connectivity index (χ0v) is 37.4. The second-order valence-corrected chi connectivity index (χ2v) is 19.1. The predicted octanol–water partition coefficient (Wildman–Crippen LogP) is 7.91. The van der Waals surface area contributed by atoms with E-state index in [1.807, 2.05) is 24.3 Å². The SMILES string of the molecule is O=C1c2ccc3c4c(N5CCCCC5)cc5c6c(ccc(c7c(N8CCCCC8)cc(c2c37)C(=O)N1CCOCCN1CCCCC1)c64)C(=O)N(CCOCCN1CCCCC1)C5=O. The molecule has 4 saturated heterocycles. The van der Waals surface area contributed by atoms with E-state index in [2.05, 4.69) is 31.7 Å². The molecule has 0 radical (unpaired) electrons. The Hall–Kier alpha value is -4.88. The van der Waals surface area contributed by atoms with Crippen LogP contribution in [0, 0.1) is 0 Å². The molecule has 6 aliphatic heterocycles. The Morgan fingerprint density at radius 1 is 0.359 bits per heavy atom. The van der Waals surface area contributed by atoms with Crippen LogP contribution in [0.3, 0.4) is 0 Å². The van der Waals surface area contributed by atoms with Crippen molar-refractivity contribution in [1.29, 1.82) is 0 Å². The number of carbonyl (C=O) groups is 4. The molecule has 4 fully saturated rings. The second kappa shape index (κ2) is 17.8. The van der Waals surface area contributed by atoms with E-state index < -0.39 is 0 Å². The molecule has 336 valence electrons. The molecule has 0 N–H and O–H groups in total. The highest BCUT2D eigenvalue weighted by Gasteiger charge is 2.39. The van der Waals surface area contributed by atoms with Crippen LogP contribution in [0.2, 0.25) is 0 Å². The van der Waals surface area contributed by atoms with E-state index in [9.17, 15) is 19.2 Å². The van der Waals surface area contributed by atoms with Gasteiger partial charge in [-0.05, 0) is 125 Å². The Labute approximate surface area is 375 Å². The van der Waals surface area contributed by atoms with Crippen molar-refractivity contribution in [2.75, 3.05) is 115 Å². The first kappa shape index (κ1) is 41.8. The maximum atomic E-state index is 14.8. The van der Waals surface area contributed by atoms with Crippen LogP contribution in [0.5, 0.6) is 0 Å². The highest BCUT2D eigenvalue weighted by molar-refractivity contribution is 6.44. The summed E-state index contributed by atoms with van der Waals surface area (Å²) in [5.74, 6) is -1.14. The number of amides is 4. The van der Waals surface area contributed by atoms with Gasteiger partial charge in [-0.3, -0.25) is 29.0 Å². The molecule has 0 aromatic heterocycles. The number of carbonyl (C=O) groups excluding carboxylic acids is 4. The lowest BCUT2D eigenvalue weighted by Crippen LogP contribution is -2.43. The quantitative estimate of drug-likeness (QED) is 0.0474. The van der Waals surface area contributed by atoms with Gasteiger partial charge in [0.1, 0.15) is 0 Å². The molecule has 6 heterocycles. The number of piperidine rings is 4. The third kappa shape index (κ3) is 7.29. The van der Waals surface area contributed by atoms with Crippen LogP contribution >= 0.6 is 0 Å².